The van der Waals surface area contributed by atoms with Crippen molar-refractivity contribution in [3.05, 3.63) is 86.9 Å². The van der Waals surface area contributed by atoms with E-state index in [1.165, 1.54) is 50.6 Å². The van der Waals surface area contributed by atoms with Crippen LogP contribution in [0.3, 0.4) is 0 Å². The van der Waals surface area contributed by atoms with Gasteiger partial charge in [0.2, 0.25) is 0 Å². The predicted molar refractivity (Wildman–Crippen MR) is 156 cm³/mol. The van der Waals surface area contributed by atoms with E-state index >= 15 is 0 Å². The molecule has 1 amide bonds. The van der Waals surface area contributed by atoms with Crippen LogP contribution in [-0.4, -0.2) is 52.2 Å². The SMILES string of the molecule is CCN(CC)c1ccc(C=NNC(=O)CN(c2cc(Cl)ccc2OC)S(=O)(=O)c2ccc(C)c([N+](=O)[O-])c2)cc1. The second-order valence-corrected chi connectivity index (χ2v) is 10.9. The van der Waals surface area contributed by atoms with Gasteiger partial charge in [-0.1, -0.05) is 29.8 Å². The third-order valence-electron chi connectivity index (χ3n) is 6.09. The Hall–Kier alpha value is -4.16. The molecule has 0 bridgehead atoms. The molecule has 0 heterocycles. The lowest BCUT2D eigenvalue weighted by molar-refractivity contribution is -0.385. The highest BCUT2D eigenvalue weighted by Crippen LogP contribution is 2.35. The van der Waals surface area contributed by atoms with Crippen molar-refractivity contribution in [1.29, 1.82) is 0 Å². The van der Waals surface area contributed by atoms with Crippen molar-refractivity contribution < 1.29 is 22.9 Å². The number of rotatable bonds is 12. The number of aryl methyl sites for hydroxylation is 1. The molecule has 0 unspecified atom stereocenters. The Labute approximate surface area is 238 Å². The summed E-state index contributed by atoms with van der Waals surface area (Å²) in [4.78, 5) is 25.5. The Morgan fingerprint density at radius 1 is 1.10 bits per heavy atom. The van der Waals surface area contributed by atoms with E-state index in [4.69, 9.17) is 16.3 Å². The number of nitro benzene ring substituents is 1. The zero-order valence-corrected chi connectivity index (χ0v) is 24.1. The summed E-state index contributed by atoms with van der Waals surface area (Å²) >= 11 is 6.15. The van der Waals surface area contributed by atoms with Gasteiger partial charge in [0, 0.05) is 35.4 Å². The number of amides is 1. The average Bonchev–Trinajstić information content (AvgIpc) is 2.93. The van der Waals surface area contributed by atoms with Crippen LogP contribution in [0.5, 0.6) is 5.75 Å². The minimum Gasteiger partial charge on any atom is -0.495 e. The van der Waals surface area contributed by atoms with Crippen LogP contribution in [0.4, 0.5) is 17.1 Å². The molecule has 0 aliphatic heterocycles. The van der Waals surface area contributed by atoms with Crippen LogP contribution in [0.25, 0.3) is 0 Å². The molecule has 0 atom stereocenters. The van der Waals surface area contributed by atoms with Gasteiger partial charge in [-0.2, -0.15) is 5.10 Å². The monoisotopic (exact) mass is 587 g/mol. The molecule has 3 rings (SSSR count). The third kappa shape index (κ3) is 7.07. The van der Waals surface area contributed by atoms with Gasteiger partial charge in [-0.25, -0.2) is 13.8 Å². The number of hydrazone groups is 1. The second-order valence-electron chi connectivity index (χ2n) is 8.59. The van der Waals surface area contributed by atoms with Crippen LogP contribution >= 0.6 is 11.6 Å². The number of hydrogen-bond acceptors (Lipinski definition) is 8. The molecule has 212 valence electrons. The van der Waals surface area contributed by atoms with Gasteiger partial charge in [-0.15, -0.1) is 0 Å². The Morgan fingerprint density at radius 3 is 2.38 bits per heavy atom. The van der Waals surface area contributed by atoms with Crippen LogP contribution in [0, 0.1) is 17.0 Å². The normalized spacial score (nSPS) is 11.3. The summed E-state index contributed by atoms with van der Waals surface area (Å²) in [5.41, 5.74) is 4.00. The average molecular weight is 588 g/mol. The van der Waals surface area contributed by atoms with Gasteiger partial charge in [-0.3, -0.25) is 19.2 Å². The van der Waals surface area contributed by atoms with Crippen molar-refractivity contribution in [3.8, 4) is 5.75 Å². The number of carbonyl (C=O) groups excluding carboxylic acids is 1. The first-order valence-electron chi connectivity index (χ1n) is 12.3. The summed E-state index contributed by atoms with van der Waals surface area (Å²) in [5, 5.41) is 15.6. The third-order valence-corrected chi connectivity index (χ3v) is 8.08. The maximum absolute atomic E-state index is 13.7. The highest BCUT2D eigenvalue weighted by molar-refractivity contribution is 7.92. The fraction of sp³-hybridized carbons (Fsp3) is 0.259. The summed E-state index contributed by atoms with van der Waals surface area (Å²) in [6, 6.07) is 15.4. The molecule has 0 radical (unpaired) electrons. The number of ether oxygens (including phenoxy) is 1. The molecule has 0 aliphatic rings. The zero-order valence-electron chi connectivity index (χ0n) is 22.5. The smallest absolute Gasteiger partial charge is 0.273 e. The van der Waals surface area contributed by atoms with Gasteiger partial charge < -0.3 is 9.64 Å². The van der Waals surface area contributed by atoms with E-state index in [2.05, 4.69) is 29.3 Å². The van der Waals surface area contributed by atoms with Crippen LogP contribution in [0.15, 0.2) is 70.7 Å². The Kier molecular flexibility index (Phi) is 10.1. The number of nitrogens with one attached hydrogen (secondary N) is 1. The molecule has 0 aliphatic carbocycles. The second kappa shape index (κ2) is 13.3. The van der Waals surface area contributed by atoms with Crippen molar-refractivity contribution in [3.63, 3.8) is 0 Å². The van der Waals surface area contributed by atoms with Crippen LogP contribution < -0.4 is 19.4 Å². The summed E-state index contributed by atoms with van der Waals surface area (Å²) in [7, 11) is -3.16. The molecule has 11 nitrogen and oxygen atoms in total. The van der Waals surface area contributed by atoms with Gasteiger partial charge >= 0.3 is 0 Å². The van der Waals surface area contributed by atoms with E-state index < -0.39 is 27.4 Å². The molecule has 0 aromatic heterocycles. The highest BCUT2D eigenvalue weighted by Gasteiger charge is 2.31. The van der Waals surface area contributed by atoms with Crippen molar-refractivity contribution in [2.75, 3.05) is 35.9 Å². The van der Waals surface area contributed by atoms with Gasteiger partial charge in [-0.05, 0) is 62.7 Å². The van der Waals surface area contributed by atoms with Crippen molar-refractivity contribution in [1.82, 2.24) is 5.43 Å². The van der Waals surface area contributed by atoms with Crippen molar-refractivity contribution >= 4 is 50.8 Å². The van der Waals surface area contributed by atoms with E-state index in [0.29, 0.717) is 0 Å². The van der Waals surface area contributed by atoms with E-state index in [1.807, 2.05) is 24.3 Å². The first kappa shape index (κ1) is 30.4. The molecule has 0 fully saturated rings. The fourth-order valence-electron chi connectivity index (χ4n) is 3.94. The lowest BCUT2D eigenvalue weighted by Gasteiger charge is -2.25. The van der Waals surface area contributed by atoms with Crippen LogP contribution in [-0.2, 0) is 14.8 Å². The molecule has 1 N–H and O–H groups in total. The maximum Gasteiger partial charge on any atom is 0.273 e. The summed E-state index contributed by atoms with van der Waals surface area (Å²) in [6.45, 7) is 6.65. The number of benzene rings is 3. The van der Waals surface area contributed by atoms with E-state index in [0.717, 1.165) is 34.7 Å². The minimum absolute atomic E-state index is 0.0238. The molecule has 13 heteroatoms. The number of anilines is 2. The number of nitro groups is 1. The molecular weight excluding hydrogens is 558 g/mol. The number of carbonyl (C=O) groups is 1. The van der Waals surface area contributed by atoms with Gasteiger partial charge in [0.15, 0.2) is 0 Å². The Morgan fingerprint density at radius 2 is 1.77 bits per heavy atom. The fourth-order valence-corrected chi connectivity index (χ4v) is 5.55. The summed E-state index contributed by atoms with van der Waals surface area (Å²) in [6.07, 6.45) is 1.44. The number of halogens is 1. The first-order chi connectivity index (χ1) is 19.0. The Balaban J connectivity index is 1.91. The number of hydrogen-bond donors (Lipinski definition) is 1. The molecule has 0 saturated heterocycles. The van der Waals surface area contributed by atoms with Gasteiger partial charge in [0.25, 0.3) is 21.6 Å². The number of sulfonamides is 1. The maximum atomic E-state index is 13.7. The molecular formula is C27H30ClN5O6S. The van der Waals surface area contributed by atoms with Crippen LogP contribution in [0.2, 0.25) is 5.02 Å². The molecule has 0 spiro atoms. The van der Waals surface area contributed by atoms with Gasteiger partial charge in [0.05, 0.1) is 28.8 Å². The van der Waals surface area contributed by atoms with Gasteiger partial charge in [0.1, 0.15) is 12.3 Å². The Bertz CT molecular complexity index is 1510. The van der Waals surface area contributed by atoms with E-state index in [1.54, 1.807) is 0 Å². The van der Waals surface area contributed by atoms with E-state index in [-0.39, 0.29) is 32.6 Å². The predicted octanol–water partition coefficient (Wildman–Crippen LogP) is 4.76. The molecule has 3 aromatic carbocycles. The standard InChI is InChI=1S/C27H30ClN5O6S/c1-5-31(6-2)22-11-8-20(9-12-22)17-29-30-27(34)18-32(25-15-21(28)10-14-26(25)39-4)40(37,38)23-13-7-19(3)24(16-23)33(35)36/h7-17H,5-6,18H2,1-4H3,(H,30,34). The number of methoxy groups -OCH3 is 1. The minimum atomic E-state index is -4.49. The summed E-state index contributed by atoms with van der Waals surface area (Å²) < 4.78 is 33.6. The topological polar surface area (TPSA) is 134 Å². The highest BCUT2D eigenvalue weighted by atomic mass is 35.5. The molecule has 40 heavy (non-hydrogen) atoms. The van der Waals surface area contributed by atoms with Crippen molar-refractivity contribution in [2.45, 2.75) is 25.7 Å². The molecule has 0 saturated carbocycles. The quantitative estimate of drug-likeness (QED) is 0.183. The van der Waals surface area contributed by atoms with E-state index in [9.17, 15) is 23.3 Å². The lowest BCUT2D eigenvalue weighted by Crippen LogP contribution is -2.39. The largest absolute Gasteiger partial charge is 0.495 e. The summed E-state index contributed by atoms with van der Waals surface area (Å²) in [5.74, 6) is -0.637. The van der Waals surface area contributed by atoms with Crippen molar-refractivity contribution in [2.24, 2.45) is 5.10 Å². The van der Waals surface area contributed by atoms with Crippen LogP contribution in [0.1, 0.15) is 25.0 Å². The molecule has 3 aromatic rings. The first-order valence-corrected chi connectivity index (χ1v) is 14.1. The number of nitrogens with zero attached hydrogens (tertiary/aromatic N) is 4. The lowest BCUT2D eigenvalue weighted by atomic mass is 10.2. The zero-order chi connectivity index (χ0) is 29.4.